The summed E-state index contributed by atoms with van der Waals surface area (Å²) in [4.78, 5) is 36.8. The van der Waals surface area contributed by atoms with Crippen molar-refractivity contribution in [1.82, 2.24) is 15.3 Å². The Labute approximate surface area is 227 Å². The molecule has 0 aliphatic carbocycles. The standard InChI is InChI=1S/C28H35N5O4S/c1-17-13-33(14-18(2)37-17)21-8-6-7-19(11-21)23-16-38-27(31-23)32-26(36)22(15-34)30-25(35)20-9-10-29-24(12-20)28(3,4)5/h6-12,16-18,22,34H,13-15H2,1-5H3,(H,30,35)(H,31,32,36)/t17-,18+,22-/m0/s1. The van der Waals surface area contributed by atoms with Gasteiger partial charge in [-0.3, -0.25) is 14.6 Å². The fourth-order valence-electron chi connectivity index (χ4n) is 4.32. The Morgan fingerprint density at radius 2 is 1.92 bits per heavy atom. The third-order valence-electron chi connectivity index (χ3n) is 6.26. The smallest absolute Gasteiger partial charge is 0.252 e. The fourth-order valence-corrected chi connectivity index (χ4v) is 5.05. The highest BCUT2D eigenvalue weighted by molar-refractivity contribution is 7.14. The molecule has 2 aromatic heterocycles. The molecule has 2 amide bonds. The molecule has 3 N–H and O–H groups in total. The highest BCUT2D eigenvalue weighted by Gasteiger charge is 2.25. The molecule has 0 radical (unpaired) electrons. The molecule has 3 heterocycles. The molecule has 38 heavy (non-hydrogen) atoms. The van der Waals surface area contributed by atoms with E-state index in [9.17, 15) is 14.7 Å². The lowest BCUT2D eigenvalue weighted by atomic mass is 9.91. The number of aromatic nitrogens is 2. The van der Waals surface area contributed by atoms with Crippen LogP contribution in [0.4, 0.5) is 10.8 Å². The number of carbonyl (C=O) groups is 2. The van der Waals surface area contributed by atoms with Crippen LogP contribution in [0.15, 0.2) is 48.0 Å². The molecule has 1 aliphatic rings. The zero-order chi connectivity index (χ0) is 27.4. The predicted octanol–water partition coefficient (Wildman–Crippen LogP) is 3.85. The maximum Gasteiger partial charge on any atom is 0.252 e. The molecular weight excluding hydrogens is 502 g/mol. The number of carbonyl (C=O) groups excluding carboxylic acids is 2. The number of ether oxygens (including phenoxy) is 1. The molecular formula is C28H35N5O4S. The van der Waals surface area contributed by atoms with Crippen LogP contribution in [-0.4, -0.2) is 64.8 Å². The van der Waals surface area contributed by atoms with Crippen LogP contribution in [0, 0.1) is 0 Å². The average molecular weight is 538 g/mol. The minimum atomic E-state index is -1.13. The van der Waals surface area contributed by atoms with Gasteiger partial charge in [0.05, 0.1) is 24.5 Å². The summed E-state index contributed by atoms with van der Waals surface area (Å²) in [5.74, 6) is -1.01. The first-order valence-electron chi connectivity index (χ1n) is 12.7. The Bertz CT molecular complexity index is 1280. The number of hydrogen-bond acceptors (Lipinski definition) is 8. The molecule has 10 heteroatoms. The molecule has 4 rings (SSSR count). The van der Waals surface area contributed by atoms with Gasteiger partial charge in [-0.15, -0.1) is 11.3 Å². The van der Waals surface area contributed by atoms with Gasteiger partial charge in [0.25, 0.3) is 11.8 Å². The number of benzene rings is 1. The van der Waals surface area contributed by atoms with Crippen molar-refractivity contribution in [1.29, 1.82) is 0 Å². The highest BCUT2D eigenvalue weighted by Crippen LogP contribution is 2.29. The van der Waals surface area contributed by atoms with E-state index in [1.807, 2.05) is 38.3 Å². The van der Waals surface area contributed by atoms with Crippen LogP contribution in [0.3, 0.4) is 0 Å². The van der Waals surface area contributed by atoms with Crippen LogP contribution < -0.4 is 15.5 Å². The molecule has 1 aromatic carbocycles. The highest BCUT2D eigenvalue weighted by atomic mass is 32.1. The lowest BCUT2D eigenvalue weighted by Gasteiger charge is -2.37. The van der Waals surface area contributed by atoms with Gasteiger partial charge < -0.3 is 25.4 Å². The molecule has 3 aromatic rings. The van der Waals surface area contributed by atoms with E-state index < -0.39 is 24.5 Å². The van der Waals surface area contributed by atoms with Crippen molar-refractivity contribution in [3.8, 4) is 11.3 Å². The van der Waals surface area contributed by atoms with Crippen molar-refractivity contribution in [2.45, 2.75) is 58.3 Å². The molecule has 9 nitrogen and oxygen atoms in total. The molecule has 1 aliphatic heterocycles. The second kappa shape index (κ2) is 11.6. The lowest BCUT2D eigenvalue weighted by molar-refractivity contribution is -0.118. The van der Waals surface area contributed by atoms with Crippen LogP contribution in [0.1, 0.15) is 50.7 Å². The van der Waals surface area contributed by atoms with E-state index in [2.05, 4.69) is 51.5 Å². The average Bonchev–Trinajstić information content (AvgIpc) is 3.34. The summed E-state index contributed by atoms with van der Waals surface area (Å²) in [5, 5.41) is 17.4. The number of anilines is 2. The van der Waals surface area contributed by atoms with E-state index in [1.54, 1.807) is 18.3 Å². The van der Waals surface area contributed by atoms with Gasteiger partial charge in [0.2, 0.25) is 0 Å². The van der Waals surface area contributed by atoms with Crippen LogP contribution in [0.25, 0.3) is 11.3 Å². The van der Waals surface area contributed by atoms with Gasteiger partial charge in [0.1, 0.15) is 6.04 Å². The van der Waals surface area contributed by atoms with Gasteiger partial charge in [0, 0.05) is 52.6 Å². The topological polar surface area (TPSA) is 117 Å². The van der Waals surface area contributed by atoms with Crippen molar-refractivity contribution in [3.63, 3.8) is 0 Å². The molecule has 1 saturated heterocycles. The number of hydrogen-bond donors (Lipinski definition) is 3. The lowest BCUT2D eigenvalue weighted by Crippen LogP contribution is -2.46. The van der Waals surface area contributed by atoms with E-state index >= 15 is 0 Å². The van der Waals surface area contributed by atoms with E-state index in [-0.39, 0.29) is 17.6 Å². The third-order valence-corrected chi connectivity index (χ3v) is 7.01. The minimum Gasteiger partial charge on any atom is -0.394 e. The summed E-state index contributed by atoms with van der Waals surface area (Å²) in [5.41, 5.74) is 3.66. The molecule has 0 spiro atoms. The Balaban J connectivity index is 1.42. The van der Waals surface area contributed by atoms with Crippen LogP contribution in [0.5, 0.6) is 0 Å². The number of aliphatic hydroxyl groups excluding tert-OH is 1. The molecule has 1 fully saturated rings. The number of rotatable bonds is 7. The van der Waals surface area contributed by atoms with Crippen molar-refractivity contribution < 1.29 is 19.4 Å². The van der Waals surface area contributed by atoms with Gasteiger partial charge in [-0.1, -0.05) is 32.9 Å². The summed E-state index contributed by atoms with van der Waals surface area (Å²) in [6.07, 6.45) is 1.88. The van der Waals surface area contributed by atoms with Crippen molar-refractivity contribution in [2.24, 2.45) is 0 Å². The van der Waals surface area contributed by atoms with Crippen LogP contribution >= 0.6 is 11.3 Å². The summed E-state index contributed by atoms with van der Waals surface area (Å²) in [7, 11) is 0. The molecule has 0 saturated carbocycles. The zero-order valence-electron chi connectivity index (χ0n) is 22.4. The van der Waals surface area contributed by atoms with Gasteiger partial charge in [-0.2, -0.15) is 0 Å². The largest absolute Gasteiger partial charge is 0.394 e. The molecule has 202 valence electrons. The van der Waals surface area contributed by atoms with Crippen LogP contribution in [-0.2, 0) is 14.9 Å². The number of nitrogens with one attached hydrogen (secondary N) is 2. The van der Waals surface area contributed by atoms with Gasteiger partial charge in [-0.25, -0.2) is 4.98 Å². The number of thiazole rings is 1. The number of pyridine rings is 1. The third kappa shape index (κ3) is 6.75. The number of amides is 2. The minimum absolute atomic E-state index is 0.155. The van der Waals surface area contributed by atoms with E-state index in [1.165, 1.54) is 11.3 Å². The fraction of sp³-hybridized carbons (Fsp3) is 0.429. The first kappa shape index (κ1) is 27.7. The van der Waals surface area contributed by atoms with Crippen molar-refractivity contribution in [2.75, 3.05) is 29.9 Å². The molecule has 0 bridgehead atoms. The Kier molecular flexibility index (Phi) is 8.44. The monoisotopic (exact) mass is 537 g/mol. The first-order valence-corrected chi connectivity index (χ1v) is 13.6. The quantitative estimate of drug-likeness (QED) is 0.419. The SMILES string of the molecule is C[C@@H]1CN(c2cccc(-c3csc(NC(=O)[C@H](CO)NC(=O)c4ccnc(C(C)(C)C)c4)n3)c2)C[C@H](C)O1. The maximum atomic E-state index is 12.9. The summed E-state index contributed by atoms with van der Waals surface area (Å²) >= 11 is 1.28. The van der Waals surface area contributed by atoms with E-state index in [0.717, 1.165) is 35.7 Å². The second-order valence-corrected chi connectivity index (χ2v) is 11.5. The number of nitrogens with zero attached hydrogens (tertiary/aromatic N) is 3. The van der Waals surface area contributed by atoms with Crippen molar-refractivity contribution in [3.05, 3.63) is 59.2 Å². The van der Waals surface area contributed by atoms with E-state index in [0.29, 0.717) is 10.7 Å². The summed E-state index contributed by atoms with van der Waals surface area (Å²) in [6, 6.07) is 10.3. The van der Waals surface area contributed by atoms with Gasteiger partial charge in [0.15, 0.2) is 5.13 Å². The number of aliphatic hydroxyl groups is 1. The zero-order valence-corrected chi connectivity index (χ0v) is 23.2. The Morgan fingerprint density at radius 3 is 2.61 bits per heavy atom. The number of morpholine rings is 1. The van der Waals surface area contributed by atoms with Crippen LogP contribution in [0.2, 0.25) is 0 Å². The normalized spacial score (nSPS) is 18.6. The van der Waals surface area contributed by atoms with Gasteiger partial charge in [-0.05, 0) is 38.1 Å². The first-order chi connectivity index (χ1) is 18.0. The van der Waals surface area contributed by atoms with E-state index in [4.69, 9.17) is 4.74 Å². The Morgan fingerprint density at radius 1 is 1.18 bits per heavy atom. The summed E-state index contributed by atoms with van der Waals surface area (Å²) < 4.78 is 5.85. The maximum absolute atomic E-state index is 12.9. The second-order valence-electron chi connectivity index (χ2n) is 10.6. The molecule has 0 unspecified atom stereocenters. The Hall–Kier alpha value is -3.34. The predicted molar refractivity (Wildman–Crippen MR) is 150 cm³/mol. The van der Waals surface area contributed by atoms with Crippen molar-refractivity contribution >= 4 is 34.0 Å². The summed E-state index contributed by atoms with van der Waals surface area (Å²) in [6.45, 7) is 11.2. The molecule has 3 atom stereocenters. The van der Waals surface area contributed by atoms with Gasteiger partial charge >= 0.3 is 0 Å².